The number of fused-ring (bicyclic) bond motifs is 2. The highest BCUT2D eigenvalue weighted by Gasteiger charge is 2.17. The maximum absolute atomic E-state index is 4.96. The van der Waals surface area contributed by atoms with Crippen molar-refractivity contribution in [3.8, 4) is 0 Å². The van der Waals surface area contributed by atoms with E-state index in [2.05, 4.69) is 37.4 Å². The van der Waals surface area contributed by atoms with Crippen molar-refractivity contribution in [2.24, 2.45) is 4.99 Å². The molecule has 1 aromatic carbocycles. The molecule has 170 valence electrons. The second kappa shape index (κ2) is 14.7. The van der Waals surface area contributed by atoms with Crippen LogP contribution in [0.3, 0.4) is 0 Å². The molecular weight excluding hydrogens is 396 g/mol. The SMILES string of the molecule is CCCCCCCCCCCCCCC/C=N\c1c2c(nc3ccccc13)CCSC2. The molecule has 3 rings (SSSR count). The summed E-state index contributed by atoms with van der Waals surface area (Å²) >= 11 is 2.01. The Morgan fingerprint density at radius 1 is 0.871 bits per heavy atom. The first-order valence-corrected chi connectivity index (χ1v) is 14.1. The zero-order valence-corrected chi connectivity index (χ0v) is 20.5. The van der Waals surface area contributed by atoms with E-state index in [-0.39, 0.29) is 0 Å². The van der Waals surface area contributed by atoms with Gasteiger partial charge in [-0.3, -0.25) is 9.98 Å². The minimum Gasteiger partial charge on any atom is -0.260 e. The molecule has 0 saturated heterocycles. The second-order valence-corrected chi connectivity index (χ2v) is 10.2. The number of unbranched alkanes of at least 4 members (excludes halogenated alkanes) is 13. The predicted molar refractivity (Wildman–Crippen MR) is 140 cm³/mol. The van der Waals surface area contributed by atoms with E-state index in [9.17, 15) is 0 Å². The normalized spacial score (nSPS) is 13.8. The quantitative estimate of drug-likeness (QED) is 0.204. The molecule has 0 atom stereocenters. The van der Waals surface area contributed by atoms with Crippen LogP contribution in [0.2, 0.25) is 0 Å². The molecule has 1 aliphatic heterocycles. The van der Waals surface area contributed by atoms with Gasteiger partial charge in [-0.2, -0.15) is 11.8 Å². The third-order valence-electron chi connectivity index (χ3n) is 6.44. The third kappa shape index (κ3) is 8.25. The lowest BCUT2D eigenvalue weighted by Gasteiger charge is -2.18. The van der Waals surface area contributed by atoms with Gasteiger partial charge in [0.15, 0.2) is 0 Å². The number of rotatable bonds is 15. The van der Waals surface area contributed by atoms with Crippen molar-refractivity contribution in [2.75, 3.05) is 5.75 Å². The van der Waals surface area contributed by atoms with Gasteiger partial charge in [-0.05, 0) is 31.1 Å². The lowest BCUT2D eigenvalue weighted by atomic mass is 10.0. The van der Waals surface area contributed by atoms with Crippen LogP contribution < -0.4 is 0 Å². The van der Waals surface area contributed by atoms with Gasteiger partial charge < -0.3 is 0 Å². The molecule has 3 heteroatoms. The largest absolute Gasteiger partial charge is 0.260 e. The number of hydrogen-bond acceptors (Lipinski definition) is 3. The average molecular weight is 439 g/mol. The van der Waals surface area contributed by atoms with Crippen LogP contribution in [0.4, 0.5) is 5.69 Å². The lowest BCUT2D eigenvalue weighted by molar-refractivity contribution is 0.541. The minimum atomic E-state index is 1.05. The van der Waals surface area contributed by atoms with Gasteiger partial charge in [0.2, 0.25) is 0 Å². The number of nitrogens with zero attached hydrogens (tertiary/aromatic N) is 2. The first kappa shape index (κ1) is 24.3. The van der Waals surface area contributed by atoms with E-state index < -0.39 is 0 Å². The summed E-state index contributed by atoms with van der Waals surface area (Å²) in [6.45, 7) is 2.29. The highest BCUT2D eigenvalue weighted by atomic mass is 32.2. The first-order chi connectivity index (χ1) is 15.4. The molecule has 0 unspecified atom stereocenters. The number of aromatic nitrogens is 1. The first-order valence-electron chi connectivity index (χ1n) is 12.9. The summed E-state index contributed by atoms with van der Waals surface area (Å²) in [4.78, 5) is 9.87. The summed E-state index contributed by atoms with van der Waals surface area (Å²) in [7, 11) is 0. The molecule has 2 aromatic rings. The molecule has 0 fully saturated rings. The van der Waals surface area contributed by atoms with E-state index in [0.717, 1.165) is 24.1 Å². The van der Waals surface area contributed by atoms with Crippen LogP contribution in [0.15, 0.2) is 29.3 Å². The summed E-state index contributed by atoms with van der Waals surface area (Å²) < 4.78 is 0. The van der Waals surface area contributed by atoms with Crippen LogP contribution >= 0.6 is 11.8 Å². The van der Waals surface area contributed by atoms with Gasteiger partial charge in [-0.25, -0.2) is 0 Å². The van der Waals surface area contributed by atoms with Crippen LogP contribution in [-0.4, -0.2) is 17.0 Å². The van der Waals surface area contributed by atoms with Crippen molar-refractivity contribution in [1.29, 1.82) is 0 Å². The Balaban J connectivity index is 1.31. The van der Waals surface area contributed by atoms with Crippen molar-refractivity contribution in [3.05, 3.63) is 35.5 Å². The van der Waals surface area contributed by atoms with Gasteiger partial charge in [-0.15, -0.1) is 0 Å². The summed E-state index contributed by atoms with van der Waals surface area (Å²) in [5, 5.41) is 1.21. The fraction of sp³-hybridized carbons (Fsp3) is 0.643. The van der Waals surface area contributed by atoms with Crippen molar-refractivity contribution >= 4 is 34.6 Å². The Morgan fingerprint density at radius 3 is 2.23 bits per heavy atom. The average Bonchev–Trinajstić information content (AvgIpc) is 2.81. The third-order valence-corrected chi connectivity index (χ3v) is 7.42. The molecule has 0 N–H and O–H groups in total. The number of aliphatic imine (C=N–C) groups is 1. The molecule has 0 radical (unpaired) electrons. The van der Waals surface area contributed by atoms with Crippen molar-refractivity contribution in [3.63, 3.8) is 0 Å². The molecule has 0 saturated carbocycles. The van der Waals surface area contributed by atoms with Crippen LogP contribution in [-0.2, 0) is 12.2 Å². The molecule has 1 aromatic heterocycles. The van der Waals surface area contributed by atoms with Gasteiger partial charge in [-0.1, -0.05) is 102 Å². The second-order valence-electron chi connectivity index (χ2n) is 9.05. The van der Waals surface area contributed by atoms with Gasteiger partial charge in [0, 0.05) is 28.6 Å². The van der Waals surface area contributed by atoms with Gasteiger partial charge in [0.1, 0.15) is 0 Å². The summed E-state index contributed by atoms with van der Waals surface area (Å²) in [5.74, 6) is 2.24. The molecule has 0 spiro atoms. The highest BCUT2D eigenvalue weighted by Crippen LogP contribution is 2.36. The summed E-state index contributed by atoms with van der Waals surface area (Å²) in [5.41, 5.74) is 4.92. The van der Waals surface area contributed by atoms with Crippen LogP contribution in [0.25, 0.3) is 10.9 Å². The molecular formula is C28H42N2S. The van der Waals surface area contributed by atoms with Gasteiger partial charge >= 0.3 is 0 Å². The Bertz CT molecular complexity index is 799. The van der Waals surface area contributed by atoms with E-state index in [4.69, 9.17) is 9.98 Å². The van der Waals surface area contributed by atoms with E-state index in [1.807, 2.05) is 11.8 Å². The summed E-state index contributed by atoms with van der Waals surface area (Å²) in [6, 6.07) is 8.50. The van der Waals surface area contributed by atoms with E-state index in [0.29, 0.717) is 0 Å². The maximum atomic E-state index is 4.96. The maximum Gasteiger partial charge on any atom is 0.0778 e. The number of hydrogen-bond donors (Lipinski definition) is 0. The zero-order chi connectivity index (χ0) is 21.6. The molecule has 0 bridgehead atoms. The topological polar surface area (TPSA) is 25.2 Å². The van der Waals surface area contributed by atoms with E-state index >= 15 is 0 Å². The number of para-hydroxylation sites is 1. The van der Waals surface area contributed by atoms with Crippen molar-refractivity contribution in [1.82, 2.24) is 4.98 Å². The Morgan fingerprint density at radius 2 is 1.52 bits per heavy atom. The molecule has 2 nitrogen and oxygen atoms in total. The summed E-state index contributed by atoms with van der Waals surface area (Å²) in [6.07, 6.45) is 22.6. The van der Waals surface area contributed by atoms with Gasteiger partial charge in [0.05, 0.1) is 11.2 Å². The standard InChI is InChI=1S/C28H42N2S/c1-2-3-4-5-6-7-8-9-10-11-12-13-14-17-21-29-28-24-18-15-16-19-26(24)30-27-20-22-31-23-25(27)28/h15-16,18-19,21H,2-14,17,20,22-23H2,1H3/b29-21-. The van der Waals surface area contributed by atoms with E-state index in [1.165, 1.54) is 112 Å². The molecule has 0 aliphatic carbocycles. The lowest BCUT2D eigenvalue weighted by Crippen LogP contribution is -2.06. The van der Waals surface area contributed by atoms with Crippen LogP contribution in [0, 0.1) is 0 Å². The van der Waals surface area contributed by atoms with Crippen LogP contribution in [0.1, 0.15) is 108 Å². The van der Waals surface area contributed by atoms with Crippen LogP contribution in [0.5, 0.6) is 0 Å². The number of aryl methyl sites for hydroxylation is 1. The Hall–Kier alpha value is -1.35. The predicted octanol–water partition coefficient (Wildman–Crippen LogP) is 9.21. The number of pyridine rings is 1. The monoisotopic (exact) mass is 438 g/mol. The Labute approximate surface area is 194 Å². The Kier molecular flexibility index (Phi) is 11.5. The molecule has 1 aliphatic rings. The highest BCUT2D eigenvalue weighted by molar-refractivity contribution is 7.98. The number of thioether (sulfide) groups is 1. The van der Waals surface area contributed by atoms with Crippen molar-refractivity contribution < 1.29 is 0 Å². The minimum absolute atomic E-state index is 1.05. The van der Waals surface area contributed by atoms with E-state index in [1.54, 1.807) is 0 Å². The molecule has 2 heterocycles. The molecule has 0 amide bonds. The van der Waals surface area contributed by atoms with Gasteiger partial charge in [0.25, 0.3) is 0 Å². The van der Waals surface area contributed by atoms with Crippen molar-refractivity contribution in [2.45, 2.75) is 109 Å². The zero-order valence-electron chi connectivity index (χ0n) is 19.7. The fourth-order valence-corrected chi connectivity index (χ4v) is 5.53. The molecule has 31 heavy (non-hydrogen) atoms. The smallest absolute Gasteiger partial charge is 0.0778 e. The number of benzene rings is 1. The fourth-order valence-electron chi connectivity index (χ4n) is 4.54.